The van der Waals surface area contributed by atoms with Gasteiger partial charge in [-0.1, -0.05) is 11.6 Å². The van der Waals surface area contributed by atoms with Gasteiger partial charge >= 0.3 is 0 Å². The number of anilines is 1. The summed E-state index contributed by atoms with van der Waals surface area (Å²) in [5, 5.41) is 11.8. The SMILES string of the molecule is O=C(Nc1cc(F)cc(Cl)c1)c1ccc(O)cc1. The summed E-state index contributed by atoms with van der Waals surface area (Å²) in [7, 11) is 0. The maximum atomic E-state index is 13.1. The summed E-state index contributed by atoms with van der Waals surface area (Å²) in [5.74, 6) is -0.861. The number of rotatable bonds is 2. The lowest BCUT2D eigenvalue weighted by Crippen LogP contribution is -2.11. The first-order chi connectivity index (χ1) is 8.54. The highest BCUT2D eigenvalue weighted by molar-refractivity contribution is 6.31. The molecular formula is C13H9ClFNO2. The zero-order chi connectivity index (χ0) is 13.1. The minimum absolute atomic E-state index is 0.0698. The normalized spacial score (nSPS) is 10.1. The highest BCUT2D eigenvalue weighted by atomic mass is 35.5. The Bertz CT molecular complexity index is 564. The number of amides is 1. The Kier molecular flexibility index (Phi) is 3.48. The summed E-state index contributed by atoms with van der Waals surface area (Å²) in [4.78, 5) is 11.8. The third kappa shape index (κ3) is 2.99. The molecule has 0 aromatic heterocycles. The zero-order valence-electron chi connectivity index (χ0n) is 9.15. The van der Waals surface area contributed by atoms with E-state index in [2.05, 4.69) is 5.32 Å². The van der Waals surface area contributed by atoms with Gasteiger partial charge in [0.15, 0.2) is 0 Å². The first-order valence-electron chi connectivity index (χ1n) is 5.11. The van der Waals surface area contributed by atoms with E-state index in [0.717, 1.165) is 6.07 Å². The zero-order valence-corrected chi connectivity index (χ0v) is 9.91. The van der Waals surface area contributed by atoms with Gasteiger partial charge in [0.05, 0.1) is 0 Å². The summed E-state index contributed by atoms with van der Waals surface area (Å²) in [6, 6.07) is 9.49. The van der Waals surface area contributed by atoms with Crippen LogP contribution in [0.15, 0.2) is 42.5 Å². The van der Waals surface area contributed by atoms with Crippen molar-refractivity contribution >= 4 is 23.2 Å². The molecule has 3 nitrogen and oxygen atoms in total. The van der Waals surface area contributed by atoms with Crippen LogP contribution in [0.5, 0.6) is 5.75 Å². The molecule has 0 saturated heterocycles. The van der Waals surface area contributed by atoms with Gasteiger partial charge in [-0.2, -0.15) is 0 Å². The van der Waals surface area contributed by atoms with Crippen molar-refractivity contribution in [1.29, 1.82) is 0 Å². The van der Waals surface area contributed by atoms with Gasteiger partial charge < -0.3 is 10.4 Å². The van der Waals surface area contributed by atoms with Crippen LogP contribution in [0.25, 0.3) is 0 Å². The van der Waals surface area contributed by atoms with E-state index in [4.69, 9.17) is 16.7 Å². The molecule has 0 bridgehead atoms. The van der Waals surface area contributed by atoms with Crippen LogP contribution in [0.3, 0.4) is 0 Å². The van der Waals surface area contributed by atoms with E-state index < -0.39 is 11.7 Å². The van der Waals surface area contributed by atoms with Crippen molar-refractivity contribution in [2.24, 2.45) is 0 Å². The second-order valence-electron chi connectivity index (χ2n) is 3.66. The molecule has 0 aliphatic heterocycles. The van der Waals surface area contributed by atoms with Crippen LogP contribution in [-0.2, 0) is 0 Å². The molecule has 0 aliphatic carbocycles. The highest BCUT2D eigenvalue weighted by Crippen LogP contribution is 2.19. The average Bonchev–Trinajstić information content (AvgIpc) is 2.28. The van der Waals surface area contributed by atoms with Crippen molar-refractivity contribution in [2.45, 2.75) is 0 Å². The molecule has 0 spiro atoms. The number of hydrogen-bond acceptors (Lipinski definition) is 2. The molecule has 0 fully saturated rings. The van der Waals surface area contributed by atoms with Crippen molar-refractivity contribution in [2.75, 3.05) is 5.32 Å². The first-order valence-corrected chi connectivity index (χ1v) is 5.49. The molecule has 0 heterocycles. The summed E-state index contributed by atoms with van der Waals surface area (Å²) < 4.78 is 13.1. The number of nitrogens with one attached hydrogen (secondary N) is 1. The molecule has 5 heteroatoms. The fraction of sp³-hybridized carbons (Fsp3) is 0. The van der Waals surface area contributed by atoms with Gasteiger partial charge in [-0.25, -0.2) is 4.39 Å². The van der Waals surface area contributed by atoms with Crippen molar-refractivity contribution in [1.82, 2.24) is 0 Å². The molecule has 0 unspecified atom stereocenters. The number of phenols is 1. The van der Waals surface area contributed by atoms with E-state index in [-0.39, 0.29) is 16.5 Å². The Morgan fingerprint density at radius 1 is 1.17 bits per heavy atom. The molecule has 2 aromatic carbocycles. The Hall–Kier alpha value is -2.07. The lowest BCUT2D eigenvalue weighted by molar-refractivity contribution is 0.102. The molecule has 2 rings (SSSR count). The second-order valence-corrected chi connectivity index (χ2v) is 4.10. The Morgan fingerprint density at radius 2 is 1.83 bits per heavy atom. The van der Waals surface area contributed by atoms with Crippen molar-refractivity contribution in [3.63, 3.8) is 0 Å². The third-order valence-electron chi connectivity index (χ3n) is 2.25. The quantitative estimate of drug-likeness (QED) is 0.874. The monoisotopic (exact) mass is 265 g/mol. The summed E-state index contributed by atoms with van der Waals surface area (Å²) in [6.07, 6.45) is 0. The molecule has 92 valence electrons. The third-order valence-corrected chi connectivity index (χ3v) is 2.47. The predicted molar refractivity (Wildman–Crippen MR) is 67.5 cm³/mol. The van der Waals surface area contributed by atoms with E-state index in [1.54, 1.807) is 0 Å². The van der Waals surface area contributed by atoms with Crippen LogP contribution in [0, 0.1) is 5.82 Å². The van der Waals surface area contributed by atoms with Crippen molar-refractivity contribution < 1.29 is 14.3 Å². The lowest BCUT2D eigenvalue weighted by Gasteiger charge is -2.06. The van der Waals surface area contributed by atoms with Gasteiger partial charge in [-0.3, -0.25) is 4.79 Å². The van der Waals surface area contributed by atoms with E-state index in [9.17, 15) is 9.18 Å². The van der Waals surface area contributed by atoms with E-state index in [0.29, 0.717) is 5.56 Å². The maximum absolute atomic E-state index is 13.1. The second kappa shape index (κ2) is 5.06. The van der Waals surface area contributed by atoms with Gasteiger partial charge in [0, 0.05) is 16.3 Å². The topological polar surface area (TPSA) is 49.3 Å². The van der Waals surface area contributed by atoms with E-state index in [1.807, 2.05) is 0 Å². The molecule has 0 radical (unpaired) electrons. The number of carbonyl (C=O) groups is 1. The number of phenolic OH excluding ortho intramolecular Hbond substituents is 1. The number of carbonyl (C=O) groups excluding carboxylic acids is 1. The minimum Gasteiger partial charge on any atom is -0.508 e. The molecule has 2 N–H and O–H groups in total. The largest absolute Gasteiger partial charge is 0.508 e. The molecule has 1 amide bonds. The fourth-order valence-electron chi connectivity index (χ4n) is 1.44. The maximum Gasteiger partial charge on any atom is 0.255 e. The van der Waals surface area contributed by atoms with Crippen LogP contribution in [-0.4, -0.2) is 11.0 Å². The van der Waals surface area contributed by atoms with Gasteiger partial charge in [0.2, 0.25) is 0 Å². The molecule has 18 heavy (non-hydrogen) atoms. The number of hydrogen-bond donors (Lipinski definition) is 2. The van der Waals surface area contributed by atoms with Crippen LogP contribution in [0.1, 0.15) is 10.4 Å². The average molecular weight is 266 g/mol. The minimum atomic E-state index is -0.525. The fourth-order valence-corrected chi connectivity index (χ4v) is 1.66. The number of halogens is 2. The van der Waals surface area contributed by atoms with Crippen LogP contribution >= 0.6 is 11.6 Å². The van der Waals surface area contributed by atoms with Crippen molar-refractivity contribution in [3.8, 4) is 5.75 Å². The van der Waals surface area contributed by atoms with Gasteiger partial charge in [-0.15, -0.1) is 0 Å². The van der Waals surface area contributed by atoms with Gasteiger partial charge in [0.25, 0.3) is 5.91 Å². The molecule has 0 aliphatic rings. The molecule has 2 aromatic rings. The Balaban J connectivity index is 2.18. The van der Waals surface area contributed by atoms with Crippen molar-refractivity contribution in [3.05, 3.63) is 58.9 Å². The molecular weight excluding hydrogens is 257 g/mol. The molecule has 0 atom stereocenters. The number of benzene rings is 2. The smallest absolute Gasteiger partial charge is 0.255 e. The van der Waals surface area contributed by atoms with Crippen LogP contribution in [0.4, 0.5) is 10.1 Å². The summed E-state index contributed by atoms with van der Waals surface area (Å²) in [5.41, 5.74) is 0.631. The first kappa shape index (κ1) is 12.4. The van der Waals surface area contributed by atoms with Crippen LogP contribution < -0.4 is 5.32 Å². The summed E-state index contributed by atoms with van der Waals surface area (Å²) >= 11 is 5.68. The van der Waals surface area contributed by atoms with Gasteiger partial charge in [0.1, 0.15) is 11.6 Å². The standard InChI is InChI=1S/C13H9ClFNO2/c14-9-5-10(15)7-11(6-9)16-13(18)8-1-3-12(17)4-2-8/h1-7,17H,(H,16,18). The lowest BCUT2D eigenvalue weighted by atomic mass is 10.2. The van der Waals surface area contributed by atoms with E-state index >= 15 is 0 Å². The predicted octanol–water partition coefficient (Wildman–Crippen LogP) is 3.44. The Labute approximate surface area is 108 Å². The molecule has 0 saturated carbocycles. The Morgan fingerprint density at radius 3 is 2.44 bits per heavy atom. The van der Waals surface area contributed by atoms with Gasteiger partial charge in [-0.05, 0) is 42.5 Å². The van der Waals surface area contributed by atoms with E-state index in [1.165, 1.54) is 36.4 Å². The highest BCUT2D eigenvalue weighted by Gasteiger charge is 2.07. The number of aromatic hydroxyl groups is 1. The van der Waals surface area contributed by atoms with Crippen LogP contribution in [0.2, 0.25) is 5.02 Å². The summed E-state index contributed by atoms with van der Waals surface area (Å²) in [6.45, 7) is 0.